The minimum Gasteiger partial charge on any atom is -0.258 e. The van der Waals surface area contributed by atoms with Gasteiger partial charge in [0.15, 0.2) is 0 Å². The number of hydrogen-bond donors (Lipinski definition) is 0. The third-order valence-corrected chi connectivity index (χ3v) is 1.83. The van der Waals surface area contributed by atoms with Gasteiger partial charge in [0, 0.05) is 0 Å². The van der Waals surface area contributed by atoms with Crippen LogP contribution < -0.4 is 0 Å². The fraction of sp³-hybridized carbons (Fsp3) is 1.00. The first-order chi connectivity index (χ1) is 4.83. The number of hydrogen-bond acceptors (Lipinski definition) is 4. The molecule has 0 bridgehead atoms. The first-order valence-electron chi connectivity index (χ1n) is 3.12. The van der Waals surface area contributed by atoms with E-state index < -0.39 is 21.4 Å². The minimum absolute atomic E-state index is 0.618. The number of rotatable bonds is 3. The summed E-state index contributed by atoms with van der Waals surface area (Å²) in [6, 6.07) is 0. The molecule has 0 atom stereocenters. The van der Waals surface area contributed by atoms with Crippen LogP contribution in [0.1, 0.15) is 20.8 Å². The van der Waals surface area contributed by atoms with Crippen molar-refractivity contribution in [2.24, 2.45) is 5.92 Å². The summed E-state index contributed by atoms with van der Waals surface area (Å²) in [4.78, 5) is 18.8. The summed E-state index contributed by atoms with van der Waals surface area (Å²) in [5.74, 6) is -0.618. The van der Waals surface area contributed by atoms with Crippen molar-refractivity contribution >= 4 is 0 Å². The van der Waals surface area contributed by atoms with Gasteiger partial charge in [-0.3, -0.25) is 20.2 Å². The standard InChI is InChI=1S/C5H10N2O4/c1-4(2)5(3,6(8)9)7(10)11/h4H,1-3H3. The zero-order valence-electron chi connectivity index (χ0n) is 6.60. The van der Waals surface area contributed by atoms with Gasteiger partial charge in [-0.1, -0.05) is 0 Å². The molecule has 0 radical (unpaired) electrons. The lowest BCUT2D eigenvalue weighted by Crippen LogP contribution is -2.47. The zero-order chi connectivity index (χ0) is 9.23. The van der Waals surface area contributed by atoms with E-state index in [9.17, 15) is 20.2 Å². The van der Waals surface area contributed by atoms with Crippen molar-refractivity contribution in [2.45, 2.75) is 26.4 Å². The maximum Gasteiger partial charge on any atom is 0.458 e. The summed E-state index contributed by atoms with van der Waals surface area (Å²) in [7, 11) is 0. The number of nitro groups is 2. The molecule has 64 valence electrons. The maximum absolute atomic E-state index is 10.3. The van der Waals surface area contributed by atoms with Crippen LogP contribution >= 0.6 is 0 Å². The molecule has 0 amide bonds. The van der Waals surface area contributed by atoms with Gasteiger partial charge in [-0.15, -0.1) is 0 Å². The van der Waals surface area contributed by atoms with Gasteiger partial charge in [-0.05, 0) is 13.8 Å². The third-order valence-electron chi connectivity index (χ3n) is 1.83. The Bertz CT molecular complexity index is 175. The van der Waals surface area contributed by atoms with Crippen molar-refractivity contribution in [1.82, 2.24) is 0 Å². The van der Waals surface area contributed by atoms with Crippen LogP contribution in [0, 0.1) is 26.1 Å². The maximum atomic E-state index is 10.3. The Kier molecular flexibility index (Phi) is 2.50. The monoisotopic (exact) mass is 162 g/mol. The average molecular weight is 162 g/mol. The Morgan fingerprint density at radius 2 is 1.45 bits per heavy atom. The molecule has 0 unspecified atom stereocenters. The van der Waals surface area contributed by atoms with Gasteiger partial charge in [-0.2, -0.15) is 0 Å². The van der Waals surface area contributed by atoms with Crippen molar-refractivity contribution in [3.63, 3.8) is 0 Å². The normalized spacial score (nSPS) is 11.6. The van der Waals surface area contributed by atoms with E-state index in [1.807, 2.05) is 0 Å². The first kappa shape index (κ1) is 9.80. The predicted molar refractivity (Wildman–Crippen MR) is 37.2 cm³/mol. The minimum atomic E-state index is -2.06. The Balaban J connectivity index is 4.82. The molecule has 0 saturated carbocycles. The highest BCUT2D eigenvalue weighted by atomic mass is 16.7. The fourth-order valence-electron chi connectivity index (χ4n) is 0.488. The highest BCUT2D eigenvalue weighted by molar-refractivity contribution is 4.63. The topological polar surface area (TPSA) is 86.3 Å². The first-order valence-corrected chi connectivity index (χ1v) is 3.12. The molecule has 0 aromatic carbocycles. The van der Waals surface area contributed by atoms with E-state index in [-0.39, 0.29) is 0 Å². The molecule has 11 heavy (non-hydrogen) atoms. The van der Waals surface area contributed by atoms with Crippen molar-refractivity contribution in [3.05, 3.63) is 20.2 Å². The largest absolute Gasteiger partial charge is 0.458 e. The van der Waals surface area contributed by atoms with Crippen molar-refractivity contribution in [1.29, 1.82) is 0 Å². The molecule has 0 rings (SSSR count). The van der Waals surface area contributed by atoms with Gasteiger partial charge in [0.05, 0.1) is 22.7 Å². The average Bonchev–Trinajstić information content (AvgIpc) is 1.84. The summed E-state index contributed by atoms with van der Waals surface area (Å²) < 4.78 is 0. The van der Waals surface area contributed by atoms with Crippen LogP contribution in [0.3, 0.4) is 0 Å². The predicted octanol–water partition coefficient (Wildman–Crippen LogP) is 0.912. The Hall–Kier alpha value is -1.20. The molecule has 6 heteroatoms. The lowest BCUT2D eigenvalue weighted by atomic mass is 10.0. The van der Waals surface area contributed by atoms with E-state index in [4.69, 9.17) is 0 Å². The van der Waals surface area contributed by atoms with Crippen LogP contribution in [-0.2, 0) is 0 Å². The van der Waals surface area contributed by atoms with Crippen LogP contribution in [0.5, 0.6) is 0 Å². The molecule has 0 N–H and O–H groups in total. The van der Waals surface area contributed by atoms with Crippen LogP contribution in [-0.4, -0.2) is 15.5 Å². The van der Waals surface area contributed by atoms with E-state index in [1.165, 1.54) is 13.8 Å². The van der Waals surface area contributed by atoms with Gasteiger partial charge in [0.2, 0.25) is 0 Å². The van der Waals surface area contributed by atoms with Crippen LogP contribution in [0.25, 0.3) is 0 Å². The van der Waals surface area contributed by atoms with E-state index in [2.05, 4.69) is 0 Å². The molecule has 0 aliphatic rings. The van der Waals surface area contributed by atoms with Crippen molar-refractivity contribution in [3.8, 4) is 0 Å². The second kappa shape index (κ2) is 2.81. The van der Waals surface area contributed by atoms with E-state index in [0.29, 0.717) is 0 Å². The molecule has 0 aromatic rings. The van der Waals surface area contributed by atoms with Gasteiger partial charge < -0.3 is 0 Å². The summed E-state index contributed by atoms with van der Waals surface area (Å²) in [6.07, 6.45) is 0. The summed E-state index contributed by atoms with van der Waals surface area (Å²) in [5, 5.41) is 20.5. The molecule has 0 spiro atoms. The fourth-order valence-corrected chi connectivity index (χ4v) is 0.488. The molecule has 0 heterocycles. The highest BCUT2D eigenvalue weighted by Gasteiger charge is 2.53. The molecule has 6 nitrogen and oxygen atoms in total. The van der Waals surface area contributed by atoms with Gasteiger partial charge in [-0.25, -0.2) is 0 Å². The molecular weight excluding hydrogens is 152 g/mol. The molecule has 0 aromatic heterocycles. The Morgan fingerprint density at radius 3 is 1.45 bits per heavy atom. The van der Waals surface area contributed by atoms with Crippen LogP contribution in [0.2, 0.25) is 0 Å². The quantitative estimate of drug-likeness (QED) is 0.350. The third kappa shape index (κ3) is 1.44. The van der Waals surface area contributed by atoms with Crippen molar-refractivity contribution < 1.29 is 9.85 Å². The molecule has 0 fully saturated rings. The summed E-state index contributed by atoms with van der Waals surface area (Å²) >= 11 is 0. The second-order valence-electron chi connectivity index (χ2n) is 2.76. The lowest BCUT2D eigenvalue weighted by Gasteiger charge is -2.15. The smallest absolute Gasteiger partial charge is 0.258 e. The Morgan fingerprint density at radius 1 is 1.18 bits per heavy atom. The lowest BCUT2D eigenvalue weighted by molar-refractivity contribution is -0.800. The molecule has 0 saturated heterocycles. The number of nitrogens with zero attached hydrogens (tertiary/aromatic N) is 2. The van der Waals surface area contributed by atoms with E-state index in [0.717, 1.165) is 6.92 Å². The summed E-state index contributed by atoms with van der Waals surface area (Å²) in [6.45, 7) is 3.91. The van der Waals surface area contributed by atoms with Crippen molar-refractivity contribution in [2.75, 3.05) is 0 Å². The van der Waals surface area contributed by atoms with E-state index >= 15 is 0 Å². The van der Waals surface area contributed by atoms with Gasteiger partial charge >= 0.3 is 5.66 Å². The molecular formula is C5H10N2O4. The van der Waals surface area contributed by atoms with Crippen LogP contribution in [0.15, 0.2) is 0 Å². The summed E-state index contributed by atoms with van der Waals surface area (Å²) in [5.41, 5.74) is -2.06. The highest BCUT2D eigenvalue weighted by Crippen LogP contribution is 2.20. The van der Waals surface area contributed by atoms with Gasteiger partial charge in [0.1, 0.15) is 0 Å². The Labute approximate surface area is 63.5 Å². The van der Waals surface area contributed by atoms with Crippen LogP contribution in [0.4, 0.5) is 0 Å². The SMILES string of the molecule is CC(C)C(C)([N+](=O)[O-])[N+](=O)[O-]. The van der Waals surface area contributed by atoms with E-state index in [1.54, 1.807) is 0 Å². The molecule has 0 aliphatic heterocycles. The second-order valence-corrected chi connectivity index (χ2v) is 2.76. The zero-order valence-corrected chi connectivity index (χ0v) is 6.60. The van der Waals surface area contributed by atoms with Gasteiger partial charge in [0.25, 0.3) is 0 Å². The molecule has 0 aliphatic carbocycles.